The molecule has 0 saturated carbocycles. The molecule has 0 atom stereocenters. The number of nitrogen functional groups attached to an aromatic ring is 1. The lowest BCUT2D eigenvalue weighted by Gasteiger charge is -2.03. The van der Waals surface area contributed by atoms with E-state index in [4.69, 9.17) is 17.3 Å². The minimum atomic E-state index is 0.231. The molecule has 82 valence electrons. The number of anilines is 1. The van der Waals surface area contributed by atoms with E-state index in [1.165, 1.54) is 0 Å². The summed E-state index contributed by atoms with van der Waals surface area (Å²) in [5.74, 6) is 1.92. The minimum Gasteiger partial charge on any atom is -0.368 e. The molecule has 1 aromatic carbocycles. The molecule has 0 spiro atoms. The van der Waals surface area contributed by atoms with Crippen LogP contribution in [0.3, 0.4) is 0 Å². The van der Waals surface area contributed by atoms with Crippen molar-refractivity contribution in [3.63, 3.8) is 0 Å². The summed E-state index contributed by atoms with van der Waals surface area (Å²) in [6.45, 7) is 0. The van der Waals surface area contributed by atoms with Gasteiger partial charge in [-0.2, -0.15) is 9.97 Å². The molecule has 1 aromatic heterocycles. The number of nitrogens with zero attached hydrogens (tertiary/aromatic N) is 3. The Morgan fingerprint density at radius 3 is 2.50 bits per heavy atom. The van der Waals surface area contributed by atoms with E-state index < -0.39 is 0 Å². The monoisotopic (exact) mass is 234 g/mol. The van der Waals surface area contributed by atoms with Crippen molar-refractivity contribution in [2.75, 3.05) is 11.6 Å². The van der Waals surface area contributed by atoms with E-state index in [1.54, 1.807) is 0 Å². The van der Waals surface area contributed by atoms with Crippen LogP contribution in [0, 0.1) is 0 Å². The van der Waals surface area contributed by atoms with Crippen molar-refractivity contribution < 1.29 is 0 Å². The number of hydrogen-bond acceptors (Lipinski definition) is 4. The molecule has 2 rings (SSSR count). The Balaban J connectivity index is 2.41. The van der Waals surface area contributed by atoms with Crippen LogP contribution in [-0.4, -0.2) is 20.8 Å². The lowest BCUT2D eigenvalue weighted by molar-refractivity contribution is 0.917. The van der Waals surface area contributed by atoms with Crippen LogP contribution in [0.2, 0.25) is 0 Å². The zero-order valence-electron chi connectivity index (χ0n) is 8.60. The second-order valence-corrected chi connectivity index (χ2v) is 3.62. The van der Waals surface area contributed by atoms with Gasteiger partial charge in [-0.05, 0) is 0 Å². The summed E-state index contributed by atoms with van der Waals surface area (Å²) in [5.41, 5.74) is 6.55. The molecule has 0 bridgehead atoms. The largest absolute Gasteiger partial charge is 0.368 e. The van der Waals surface area contributed by atoms with Gasteiger partial charge < -0.3 is 5.73 Å². The average molecular weight is 235 g/mol. The summed E-state index contributed by atoms with van der Waals surface area (Å²) in [7, 11) is 0. The fraction of sp³-hybridized carbons (Fsp3) is 0.182. The second-order valence-electron chi connectivity index (χ2n) is 3.24. The van der Waals surface area contributed by atoms with Crippen LogP contribution in [0.1, 0.15) is 5.82 Å². The van der Waals surface area contributed by atoms with E-state index in [-0.39, 0.29) is 5.95 Å². The van der Waals surface area contributed by atoms with E-state index in [2.05, 4.69) is 15.0 Å². The highest BCUT2D eigenvalue weighted by Crippen LogP contribution is 2.14. The lowest BCUT2D eigenvalue weighted by Crippen LogP contribution is -2.05. The first kappa shape index (κ1) is 10.8. The number of hydrogen-bond donors (Lipinski definition) is 1. The van der Waals surface area contributed by atoms with E-state index in [9.17, 15) is 0 Å². The first-order valence-electron chi connectivity index (χ1n) is 4.91. The molecule has 0 aliphatic heterocycles. The number of halogens is 1. The van der Waals surface area contributed by atoms with Crippen LogP contribution in [0.4, 0.5) is 5.95 Å². The molecule has 2 N–H and O–H groups in total. The quantitative estimate of drug-likeness (QED) is 0.824. The summed E-state index contributed by atoms with van der Waals surface area (Å²) in [5, 5.41) is 0. The van der Waals surface area contributed by atoms with Crippen molar-refractivity contribution in [1.29, 1.82) is 0 Å². The van der Waals surface area contributed by atoms with Gasteiger partial charge in [-0.25, -0.2) is 4.98 Å². The predicted octanol–water partition coefficient (Wildman–Crippen LogP) is 1.90. The SMILES string of the molecule is Nc1nc(CCCl)nc(-c2ccccc2)n1. The van der Waals surface area contributed by atoms with Crippen LogP contribution in [0.25, 0.3) is 11.4 Å². The summed E-state index contributed by atoms with van der Waals surface area (Å²) < 4.78 is 0. The molecule has 1 heterocycles. The number of alkyl halides is 1. The van der Waals surface area contributed by atoms with Crippen molar-refractivity contribution in [2.24, 2.45) is 0 Å². The Hall–Kier alpha value is -1.68. The highest BCUT2D eigenvalue weighted by Gasteiger charge is 2.05. The first-order chi connectivity index (χ1) is 7.79. The normalized spacial score (nSPS) is 10.3. The van der Waals surface area contributed by atoms with Gasteiger partial charge in [-0.3, -0.25) is 0 Å². The molecule has 0 amide bonds. The van der Waals surface area contributed by atoms with Gasteiger partial charge in [0.25, 0.3) is 0 Å². The first-order valence-corrected chi connectivity index (χ1v) is 5.45. The fourth-order valence-electron chi connectivity index (χ4n) is 1.35. The van der Waals surface area contributed by atoms with Crippen molar-refractivity contribution in [3.05, 3.63) is 36.2 Å². The minimum absolute atomic E-state index is 0.231. The summed E-state index contributed by atoms with van der Waals surface area (Å²) in [6.07, 6.45) is 0.591. The van der Waals surface area contributed by atoms with Gasteiger partial charge >= 0.3 is 0 Å². The van der Waals surface area contributed by atoms with Gasteiger partial charge in [0.2, 0.25) is 5.95 Å². The molecule has 0 aliphatic rings. The molecule has 0 saturated heterocycles. The molecule has 16 heavy (non-hydrogen) atoms. The van der Waals surface area contributed by atoms with E-state index in [0.29, 0.717) is 23.9 Å². The third-order valence-electron chi connectivity index (χ3n) is 2.05. The van der Waals surface area contributed by atoms with Crippen molar-refractivity contribution in [1.82, 2.24) is 15.0 Å². The maximum Gasteiger partial charge on any atom is 0.223 e. The van der Waals surface area contributed by atoms with Gasteiger partial charge in [0.05, 0.1) is 0 Å². The Kier molecular flexibility index (Phi) is 3.31. The van der Waals surface area contributed by atoms with E-state index >= 15 is 0 Å². The predicted molar refractivity (Wildman–Crippen MR) is 64.1 cm³/mol. The van der Waals surface area contributed by atoms with Crippen LogP contribution in [-0.2, 0) is 6.42 Å². The molecule has 0 fully saturated rings. The van der Waals surface area contributed by atoms with Crippen molar-refractivity contribution in [3.8, 4) is 11.4 Å². The van der Waals surface area contributed by atoms with Gasteiger partial charge in [0, 0.05) is 17.9 Å². The Morgan fingerprint density at radius 2 is 1.81 bits per heavy atom. The number of aryl methyl sites for hydroxylation is 1. The number of nitrogens with two attached hydrogens (primary N) is 1. The third-order valence-corrected chi connectivity index (χ3v) is 2.24. The van der Waals surface area contributed by atoms with Crippen LogP contribution in [0.15, 0.2) is 30.3 Å². The third kappa shape index (κ3) is 2.46. The Labute approximate surface area is 98.5 Å². The number of aromatic nitrogens is 3. The van der Waals surface area contributed by atoms with Crippen LogP contribution < -0.4 is 5.73 Å². The molecule has 0 aliphatic carbocycles. The second kappa shape index (κ2) is 4.90. The molecular formula is C11H11ClN4. The van der Waals surface area contributed by atoms with Gasteiger partial charge in [-0.15, -0.1) is 11.6 Å². The summed E-state index contributed by atoms with van der Waals surface area (Å²) >= 11 is 5.65. The van der Waals surface area contributed by atoms with Gasteiger partial charge in [0.15, 0.2) is 5.82 Å². The standard InChI is InChI=1S/C11H11ClN4/c12-7-6-9-14-10(16-11(13)15-9)8-4-2-1-3-5-8/h1-5H,6-7H2,(H2,13,14,15,16). The van der Waals surface area contributed by atoms with E-state index in [1.807, 2.05) is 30.3 Å². The zero-order chi connectivity index (χ0) is 11.4. The average Bonchev–Trinajstić information content (AvgIpc) is 2.30. The molecule has 0 radical (unpaired) electrons. The Morgan fingerprint density at radius 1 is 1.06 bits per heavy atom. The zero-order valence-corrected chi connectivity index (χ0v) is 9.35. The number of benzene rings is 1. The molecule has 0 unspecified atom stereocenters. The van der Waals surface area contributed by atoms with E-state index in [0.717, 1.165) is 5.56 Å². The molecular weight excluding hydrogens is 224 g/mol. The molecule has 2 aromatic rings. The van der Waals surface area contributed by atoms with Crippen molar-refractivity contribution in [2.45, 2.75) is 6.42 Å². The van der Waals surface area contributed by atoms with Gasteiger partial charge in [0.1, 0.15) is 5.82 Å². The number of rotatable bonds is 3. The van der Waals surface area contributed by atoms with Crippen LogP contribution in [0.5, 0.6) is 0 Å². The summed E-state index contributed by atoms with van der Waals surface area (Å²) in [4.78, 5) is 12.4. The fourth-order valence-corrected chi connectivity index (χ4v) is 1.52. The maximum atomic E-state index is 5.65. The van der Waals surface area contributed by atoms with Gasteiger partial charge in [-0.1, -0.05) is 30.3 Å². The lowest BCUT2D eigenvalue weighted by atomic mass is 10.2. The Bertz CT molecular complexity index is 473. The smallest absolute Gasteiger partial charge is 0.223 e. The van der Waals surface area contributed by atoms with Crippen LogP contribution >= 0.6 is 11.6 Å². The topological polar surface area (TPSA) is 64.7 Å². The van der Waals surface area contributed by atoms with Crippen molar-refractivity contribution >= 4 is 17.5 Å². The highest BCUT2D eigenvalue weighted by atomic mass is 35.5. The highest BCUT2D eigenvalue weighted by molar-refractivity contribution is 6.17. The summed E-state index contributed by atoms with van der Waals surface area (Å²) in [6, 6.07) is 9.65. The maximum absolute atomic E-state index is 5.65. The molecule has 4 nitrogen and oxygen atoms in total. The molecule has 5 heteroatoms.